The Labute approximate surface area is 80.2 Å². The summed E-state index contributed by atoms with van der Waals surface area (Å²) >= 11 is 3.29. The second-order valence-corrected chi connectivity index (χ2v) is 3.46. The predicted octanol–water partition coefficient (Wildman–Crippen LogP) is 4.04. The van der Waals surface area contributed by atoms with Crippen molar-refractivity contribution in [1.29, 1.82) is 0 Å². The highest BCUT2D eigenvalue weighted by Gasteiger charge is 2.06. The van der Waals surface area contributed by atoms with Crippen molar-refractivity contribution in [1.82, 2.24) is 0 Å². The van der Waals surface area contributed by atoms with Crippen LogP contribution in [0.5, 0.6) is 0 Å². The Bertz CT molecular complexity index is 270. The standard InChI is InChI=1S/C10H10BrF/c1-2-4-10(12)8-5-3-6-9(11)7-8/h2-3,5-7,10H,1,4H2/t10-/m1/s1. The van der Waals surface area contributed by atoms with Crippen LogP contribution in [-0.2, 0) is 0 Å². The molecular formula is C10H10BrF. The van der Waals surface area contributed by atoms with E-state index in [0.29, 0.717) is 12.0 Å². The van der Waals surface area contributed by atoms with Crippen LogP contribution in [0.15, 0.2) is 41.4 Å². The van der Waals surface area contributed by atoms with Gasteiger partial charge < -0.3 is 0 Å². The summed E-state index contributed by atoms with van der Waals surface area (Å²) in [7, 11) is 0. The van der Waals surface area contributed by atoms with Crippen molar-refractivity contribution in [3.05, 3.63) is 47.0 Å². The molecule has 1 rings (SSSR count). The molecule has 0 spiro atoms. The molecule has 0 N–H and O–H groups in total. The molecule has 0 aliphatic carbocycles. The van der Waals surface area contributed by atoms with Crippen LogP contribution in [0, 0.1) is 0 Å². The Morgan fingerprint density at radius 2 is 2.33 bits per heavy atom. The van der Waals surface area contributed by atoms with Gasteiger partial charge in [0.2, 0.25) is 0 Å². The van der Waals surface area contributed by atoms with Crippen molar-refractivity contribution in [2.45, 2.75) is 12.6 Å². The van der Waals surface area contributed by atoms with Gasteiger partial charge in [-0.05, 0) is 17.7 Å². The molecule has 0 heterocycles. The zero-order valence-electron chi connectivity index (χ0n) is 6.63. The highest BCUT2D eigenvalue weighted by molar-refractivity contribution is 9.10. The highest BCUT2D eigenvalue weighted by atomic mass is 79.9. The van der Waals surface area contributed by atoms with E-state index >= 15 is 0 Å². The number of alkyl halides is 1. The molecule has 1 aromatic carbocycles. The van der Waals surface area contributed by atoms with E-state index in [9.17, 15) is 4.39 Å². The van der Waals surface area contributed by atoms with Crippen molar-refractivity contribution in [2.24, 2.45) is 0 Å². The van der Waals surface area contributed by atoms with Crippen molar-refractivity contribution < 1.29 is 4.39 Å². The first-order valence-electron chi connectivity index (χ1n) is 3.74. The molecule has 1 aromatic rings. The Hall–Kier alpha value is -0.630. The molecule has 0 unspecified atom stereocenters. The summed E-state index contributed by atoms with van der Waals surface area (Å²) in [4.78, 5) is 0. The summed E-state index contributed by atoms with van der Waals surface area (Å²) in [6, 6.07) is 7.27. The SMILES string of the molecule is C=CC[C@@H](F)c1cccc(Br)c1. The normalized spacial score (nSPS) is 12.5. The van der Waals surface area contributed by atoms with E-state index in [1.54, 1.807) is 18.2 Å². The third-order valence-electron chi connectivity index (χ3n) is 1.58. The van der Waals surface area contributed by atoms with E-state index in [2.05, 4.69) is 22.5 Å². The molecule has 0 nitrogen and oxygen atoms in total. The van der Waals surface area contributed by atoms with Gasteiger partial charge in [0.15, 0.2) is 0 Å². The van der Waals surface area contributed by atoms with Crippen molar-refractivity contribution in [3.8, 4) is 0 Å². The first kappa shape index (κ1) is 9.46. The lowest BCUT2D eigenvalue weighted by Gasteiger charge is -2.05. The third kappa shape index (κ3) is 2.45. The monoisotopic (exact) mass is 228 g/mol. The van der Waals surface area contributed by atoms with Gasteiger partial charge in [0, 0.05) is 10.9 Å². The number of allylic oxidation sites excluding steroid dienone is 1. The molecule has 0 saturated heterocycles. The molecule has 0 aliphatic heterocycles. The number of halogens is 2. The van der Waals surface area contributed by atoms with Crippen molar-refractivity contribution in [3.63, 3.8) is 0 Å². The van der Waals surface area contributed by atoms with Crippen molar-refractivity contribution >= 4 is 15.9 Å². The number of benzene rings is 1. The van der Waals surface area contributed by atoms with Gasteiger partial charge in [-0.2, -0.15) is 0 Å². The van der Waals surface area contributed by atoms with Gasteiger partial charge in [0.1, 0.15) is 6.17 Å². The molecule has 0 bridgehead atoms. The maximum absolute atomic E-state index is 13.2. The van der Waals surface area contributed by atoms with Crippen LogP contribution in [-0.4, -0.2) is 0 Å². The topological polar surface area (TPSA) is 0 Å². The van der Waals surface area contributed by atoms with Crippen molar-refractivity contribution in [2.75, 3.05) is 0 Å². The van der Waals surface area contributed by atoms with E-state index in [4.69, 9.17) is 0 Å². The Morgan fingerprint density at radius 1 is 1.58 bits per heavy atom. The minimum atomic E-state index is -0.931. The number of hydrogen-bond donors (Lipinski definition) is 0. The molecule has 0 radical (unpaired) electrons. The Balaban J connectivity index is 2.80. The summed E-state index contributed by atoms with van der Waals surface area (Å²) < 4.78 is 14.1. The average molecular weight is 229 g/mol. The lowest BCUT2D eigenvalue weighted by atomic mass is 10.1. The van der Waals surface area contributed by atoms with Gasteiger partial charge in [0.25, 0.3) is 0 Å². The molecule has 0 aromatic heterocycles. The number of rotatable bonds is 3. The van der Waals surface area contributed by atoms with Crippen LogP contribution >= 0.6 is 15.9 Å². The maximum Gasteiger partial charge on any atom is 0.129 e. The van der Waals surface area contributed by atoms with Gasteiger partial charge in [0.05, 0.1) is 0 Å². The van der Waals surface area contributed by atoms with Gasteiger partial charge >= 0.3 is 0 Å². The van der Waals surface area contributed by atoms with Gasteiger partial charge in [-0.15, -0.1) is 6.58 Å². The summed E-state index contributed by atoms with van der Waals surface area (Å²) in [6.07, 6.45) is 1.03. The van der Waals surface area contributed by atoms with Crippen LogP contribution in [0.3, 0.4) is 0 Å². The lowest BCUT2D eigenvalue weighted by molar-refractivity contribution is 0.347. The van der Waals surface area contributed by atoms with Crippen LogP contribution in [0.2, 0.25) is 0 Å². The second kappa shape index (κ2) is 4.41. The average Bonchev–Trinajstić information content (AvgIpc) is 2.05. The van der Waals surface area contributed by atoms with Crippen LogP contribution in [0.4, 0.5) is 4.39 Å². The fourth-order valence-electron chi connectivity index (χ4n) is 0.984. The second-order valence-electron chi connectivity index (χ2n) is 2.55. The van der Waals surface area contributed by atoms with E-state index in [-0.39, 0.29) is 0 Å². The molecule has 1 atom stereocenters. The molecule has 0 aliphatic rings. The Morgan fingerprint density at radius 3 is 2.92 bits per heavy atom. The third-order valence-corrected chi connectivity index (χ3v) is 2.08. The Kier molecular flexibility index (Phi) is 3.48. The largest absolute Gasteiger partial charge is 0.242 e. The molecular weight excluding hydrogens is 219 g/mol. The van der Waals surface area contributed by atoms with Gasteiger partial charge in [-0.3, -0.25) is 0 Å². The molecule has 0 fully saturated rings. The first-order chi connectivity index (χ1) is 5.74. The smallest absolute Gasteiger partial charge is 0.129 e. The van der Waals surface area contributed by atoms with Gasteiger partial charge in [-0.25, -0.2) is 4.39 Å². The minimum absolute atomic E-state index is 0.371. The predicted molar refractivity (Wildman–Crippen MR) is 52.8 cm³/mol. The first-order valence-corrected chi connectivity index (χ1v) is 4.53. The quantitative estimate of drug-likeness (QED) is 0.686. The van der Waals surface area contributed by atoms with E-state index in [0.717, 1.165) is 4.47 Å². The summed E-state index contributed by atoms with van der Waals surface area (Å²) in [5.41, 5.74) is 0.698. The van der Waals surface area contributed by atoms with Gasteiger partial charge in [-0.1, -0.05) is 34.1 Å². The molecule has 2 heteroatoms. The summed E-state index contributed by atoms with van der Waals surface area (Å²) in [5, 5.41) is 0. The number of hydrogen-bond acceptors (Lipinski definition) is 0. The fourth-order valence-corrected chi connectivity index (χ4v) is 1.40. The van der Waals surface area contributed by atoms with E-state index in [1.165, 1.54) is 0 Å². The van der Waals surface area contributed by atoms with Crippen LogP contribution < -0.4 is 0 Å². The summed E-state index contributed by atoms with van der Waals surface area (Å²) in [6.45, 7) is 3.50. The molecule has 0 saturated carbocycles. The minimum Gasteiger partial charge on any atom is -0.242 e. The maximum atomic E-state index is 13.2. The zero-order chi connectivity index (χ0) is 8.97. The van der Waals surface area contributed by atoms with Crippen LogP contribution in [0.1, 0.15) is 18.2 Å². The molecule has 0 amide bonds. The molecule has 64 valence electrons. The van der Waals surface area contributed by atoms with Crippen LogP contribution in [0.25, 0.3) is 0 Å². The lowest BCUT2D eigenvalue weighted by Crippen LogP contribution is -1.88. The zero-order valence-corrected chi connectivity index (χ0v) is 8.22. The molecule has 12 heavy (non-hydrogen) atoms. The summed E-state index contributed by atoms with van der Waals surface area (Å²) in [5.74, 6) is 0. The van der Waals surface area contributed by atoms with E-state index < -0.39 is 6.17 Å². The van der Waals surface area contributed by atoms with E-state index in [1.807, 2.05) is 12.1 Å². The highest BCUT2D eigenvalue weighted by Crippen LogP contribution is 2.23. The fraction of sp³-hybridized carbons (Fsp3) is 0.200.